The van der Waals surface area contributed by atoms with E-state index < -0.39 is 0 Å². The second-order valence-corrected chi connectivity index (χ2v) is 11.2. The Morgan fingerprint density at radius 1 is 0.900 bits per heavy atom. The van der Waals surface area contributed by atoms with E-state index in [1.165, 1.54) is 44.9 Å². The molecule has 0 aromatic carbocycles. The summed E-state index contributed by atoms with van der Waals surface area (Å²) in [6.45, 7) is 3.32. The van der Waals surface area contributed by atoms with Crippen LogP contribution in [0.2, 0.25) is 0 Å². The number of hydrogen-bond donors (Lipinski definition) is 2. The molecule has 0 atom stereocenters. The number of ether oxygens (including phenoxy) is 1. The molecule has 6 rings (SSSR count). The topological polar surface area (TPSA) is 70.7 Å². The maximum atomic E-state index is 13.0. The number of carbonyl (C=O) groups excluding carboxylic acids is 2. The van der Waals surface area contributed by atoms with Crippen molar-refractivity contribution >= 4 is 11.9 Å². The van der Waals surface area contributed by atoms with E-state index in [0.717, 1.165) is 43.4 Å². The van der Waals surface area contributed by atoms with Crippen LogP contribution in [0, 0.1) is 23.2 Å². The third kappa shape index (κ3) is 4.35. The van der Waals surface area contributed by atoms with Gasteiger partial charge in [0.15, 0.2) is 0 Å². The molecule has 6 heteroatoms. The average molecular weight is 418 g/mol. The van der Waals surface area contributed by atoms with Crippen LogP contribution in [0.15, 0.2) is 0 Å². The largest absolute Gasteiger partial charge is 0.378 e. The second kappa shape index (κ2) is 8.33. The predicted octanol–water partition coefficient (Wildman–Crippen LogP) is 3.45. The van der Waals surface area contributed by atoms with Gasteiger partial charge in [0.1, 0.15) is 0 Å². The molecular weight excluding hydrogens is 378 g/mol. The highest BCUT2D eigenvalue weighted by Crippen LogP contribution is 2.55. The van der Waals surface area contributed by atoms with Crippen LogP contribution < -0.4 is 10.6 Å². The molecule has 3 amide bonds. The molecule has 0 aromatic rings. The van der Waals surface area contributed by atoms with Crippen LogP contribution in [0.4, 0.5) is 4.79 Å². The number of hydrogen-bond acceptors (Lipinski definition) is 3. The number of carbonyl (C=O) groups is 2. The van der Waals surface area contributed by atoms with Crippen molar-refractivity contribution < 1.29 is 14.3 Å². The Morgan fingerprint density at radius 2 is 1.50 bits per heavy atom. The summed E-state index contributed by atoms with van der Waals surface area (Å²) in [5, 5.41) is 6.67. The molecule has 5 aliphatic carbocycles. The maximum Gasteiger partial charge on any atom is 0.315 e. The first kappa shape index (κ1) is 20.6. The molecule has 168 valence electrons. The summed E-state index contributed by atoms with van der Waals surface area (Å²) in [6, 6.07) is 0.000667. The summed E-state index contributed by atoms with van der Waals surface area (Å²) in [7, 11) is 0. The Morgan fingerprint density at radius 3 is 2.10 bits per heavy atom. The average Bonchev–Trinajstić information content (AvgIpc) is 2.72. The molecule has 1 aliphatic heterocycles. The smallest absolute Gasteiger partial charge is 0.315 e. The Labute approximate surface area is 180 Å². The van der Waals surface area contributed by atoms with Crippen LogP contribution in [-0.4, -0.2) is 55.2 Å². The normalized spacial score (nSPS) is 37.1. The Kier molecular flexibility index (Phi) is 5.72. The van der Waals surface area contributed by atoms with E-state index in [2.05, 4.69) is 10.6 Å². The third-order valence-electron chi connectivity index (χ3n) is 8.85. The predicted molar refractivity (Wildman–Crippen MR) is 115 cm³/mol. The molecule has 1 saturated heterocycles. The maximum absolute atomic E-state index is 13.0. The summed E-state index contributed by atoms with van der Waals surface area (Å²) in [4.78, 5) is 27.9. The molecule has 6 nitrogen and oxygen atoms in total. The molecule has 5 saturated carbocycles. The monoisotopic (exact) mass is 417 g/mol. The minimum Gasteiger partial charge on any atom is -0.378 e. The van der Waals surface area contributed by atoms with Crippen molar-refractivity contribution in [1.29, 1.82) is 0 Å². The van der Waals surface area contributed by atoms with Crippen molar-refractivity contribution in [2.75, 3.05) is 32.8 Å². The number of urea groups is 1. The van der Waals surface area contributed by atoms with Crippen molar-refractivity contribution in [3.05, 3.63) is 0 Å². The van der Waals surface area contributed by atoms with Gasteiger partial charge >= 0.3 is 6.03 Å². The summed E-state index contributed by atoms with van der Waals surface area (Å²) >= 11 is 0. The number of rotatable bonds is 5. The van der Waals surface area contributed by atoms with Crippen LogP contribution in [0.5, 0.6) is 0 Å². The van der Waals surface area contributed by atoms with E-state index in [9.17, 15) is 9.59 Å². The van der Waals surface area contributed by atoms with Crippen molar-refractivity contribution in [3.8, 4) is 0 Å². The highest BCUT2D eigenvalue weighted by Gasteiger charge is 2.51. The molecule has 4 bridgehead atoms. The Bertz CT molecular complexity index is 617. The van der Waals surface area contributed by atoms with Crippen molar-refractivity contribution in [1.82, 2.24) is 15.5 Å². The van der Waals surface area contributed by atoms with Gasteiger partial charge in [-0.1, -0.05) is 19.3 Å². The molecule has 0 spiro atoms. The molecule has 6 aliphatic rings. The first-order chi connectivity index (χ1) is 14.5. The molecule has 0 aromatic heterocycles. The SMILES string of the molecule is O=C(NCC1(CC(=O)N2CCOCC2)CCCCC1)NC12CC3CC(CC(C3)C1)C2. The lowest BCUT2D eigenvalue weighted by atomic mass is 9.53. The van der Waals surface area contributed by atoms with Crippen molar-refractivity contribution in [3.63, 3.8) is 0 Å². The Balaban J connectivity index is 1.18. The molecule has 2 N–H and O–H groups in total. The van der Waals surface area contributed by atoms with E-state index in [-0.39, 0.29) is 22.9 Å². The molecule has 0 radical (unpaired) electrons. The van der Waals surface area contributed by atoms with E-state index in [0.29, 0.717) is 39.3 Å². The quantitative estimate of drug-likeness (QED) is 0.720. The van der Waals surface area contributed by atoms with Gasteiger partial charge in [-0.15, -0.1) is 0 Å². The van der Waals surface area contributed by atoms with E-state index in [1.54, 1.807) is 0 Å². The van der Waals surface area contributed by atoms with Crippen LogP contribution >= 0.6 is 0 Å². The summed E-state index contributed by atoms with van der Waals surface area (Å²) in [6.07, 6.45) is 13.9. The minimum atomic E-state index is -0.0769. The lowest BCUT2D eigenvalue weighted by Crippen LogP contribution is -2.62. The van der Waals surface area contributed by atoms with Gasteiger partial charge in [-0.3, -0.25) is 4.79 Å². The molecule has 6 fully saturated rings. The number of amides is 3. The summed E-state index contributed by atoms with van der Waals surface area (Å²) in [5.41, 5.74) is -0.0331. The fourth-order valence-electron chi connectivity index (χ4n) is 7.78. The van der Waals surface area contributed by atoms with Crippen LogP contribution in [0.25, 0.3) is 0 Å². The minimum absolute atomic E-state index is 0.000667. The zero-order chi connectivity index (χ0) is 20.6. The third-order valence-corrected chi connectivity index (χ3v) is 8.85. The summed E-state index contributed by atoms with van der Waals surface area (Å²) < 4.78 is 5.40. The van der Waals surface area contributed by atoms with Gasteiger partial charge in [-0.05, 0) is 74.5 Å². The Hall–Kier alpha value is -1.30. The van der Waals surface area contributed by atoms with Gasteiger partial charge in [-0.2, -0.15) is 0 Å². The fourth-order valence-corrected chi connectivity index (χ4v) is 7.78. The lowest BCUT2D eigenvalue weighted by molar-refractivity contribution is -0.138. The fraction of sp³-hybridized carbons (Fsp3) is 0.917. The lowest BCUT2D eigenvalue weighted by Gasteiger charge is -2.56. The van der Waals surface area contributed by atoms with Crippen LogP contribution in [-0.2, 0) is 9.53 Å². The molecule has 30 heavy (non-hydrogen) atoms. The number of nitrogens with one attached hydrogen (secondary N) is 2. The van der Waals surface area contributed by atoms with Crippen molar-refractivity contribution in [2.45, 2.75) is 82.6 Å². The van der Waals surface area contributed by atoms with E-state index in [4.69, 9.17) is 4.74 Å². The number of morpholine rings is 1. The number of nitrogens with zero attached hydrogens (tertiary/aromatic N) is 1. The second-order valence-electron chi connectivity index (χ2n) is 11.2. The van der Waals surface area contributed by atoms with Gasteiger partial charge in [0, 0.05) is 31.6 Å². The van der Waals surface area contributed by atoms with Crippen LogP contribution in [0.1, 0.15) is 77.0 Å². The molecule has 1 heterocycles. The van der Waals surface area contributed by atoms with E-state index >= 15 is 0 Å². The highest BCUT2D eigenvalue weighted by molar-refractivity contribution is 5.78. The van der Waals surface area contributed by atoms with Gasteiger partial charge in [-0.25, -0.2) is 4.79 Å². The zero-order valence-electron chi connectivity index (χ0n) is 18.4. The standard InChI is InChI=1S/C24H39N3O3/c28-21(27-6-8-30-9-7-27)16-23(4-2-1-3-5-23)17-25-22(29)26-24-13-18-10-19(14-24)12-20(11-18)15-24/h18-20H,1-17H2,(H2,25,26,29). The first-order valence-electron chi connectivity index (χ1n) is 12.4. The molecular formula is C24H39N3O3. The van der Waals surface area contributed by atoms with Crippen LogP contribution in [0.3, 0.4) is 0 Å². The van der Waals surface area contributed by atoms with Gasteiger partial charge < -0.3 is 20.3 Å². The highest BCUT2D eigenvalue weighted by atomic mass is 16.5. The zero-order valence-corrected chi connectivity index (χ0v) is 18.4. The van der Waals surface area contributed by atoms with Gasteiger partial charge in [0.25, 0.3) is 0 Å². The first-order valence-corrected chi connectivity index (χ1v) is 12.4. The summed E-state index contributed by atoms with van der Waals surface area (Å²) in [5.74, 6) is 2.72. The van der Waals surface area contributed by atoms with Gasteiger partial charge in [0.05, 0.1) is 13.2 Å². The van der Waals surface area contributed by atoms with Gasteiger partial charge in [0.2, 0.25) is 5.91 Å². The molecule has 0 unspecified atom stereocenters. The van der Waals surface area contributed by atoms with Crippen molar-refractivity contribution in [2.24, 2.45) is 23.2 Å². The van der Waals surface area contributed by atoms with E-state index in [1.807, 2.05) is 4.90 Å².